The Morgan fingerprint density at radius 3 is 2.92 bits per heavy atom. The highest BCUT2D eigenvalue weighted by Crippen LogP contribution is 2.20. The molecule has 1 rings (SSSR count). The summed E-state index contributed by atoms with van der Waals surface area (Å²) < 4.78 is 0. The quantitative estimate of drug-likeness (QED) is 0.813. The van der Waals surface area contributed by atoms with E-state index in [-0.39, 0.29) is 12.3 Å². The van der Waals surface area contributed by atoms with Gasteiger partial charge in [-0.15, -0.1) is 0 Å². The highest BCUT2D eigenvalue weighted by molar-refractivity contribution is 6.30. The molecule has 1 aromatic heterocycles. The standard InChI is InChI=1S/C9H10ClNO2/c1-6(2-9(12)13)7-3-8(10)5-11-4-7/h3-6H,2H2,1H3,(H,12,13). The Bertz CT molecular complexity index is 314. The molecule has 0 saturated carbocycles. The van der Waals surface area contributed by atoms with Crippen LogP contribution in [0, 0.1) is 0 Å². The summed E-state index contributed by atoms with van der Waals surface area (Å²) in [7, 11) is 0. The van der Waals surface area contributed by atoms with E-state index in [1.54, 1.807) is 12.3 Å². The molecular formula is C9H10ClNO2. The van der Waals surface area contributed by atoms with Crippen LogP contribution < -0.4 is 0 Å². The van der Waals surface area contributed by atoms with Crippen LogP contribution in [0.4, 0.5) is 0 Å². The number of hydrogen-bond acceptors (Lipinski definition) is 2. The van der Waals surface area contributed by atoms with Crippen molar-refractivity contribution in [3.8, 4) is 0 Å². The molecule has 1 aromatic rings. The monoisotopic (exact) mass is 199 g/mol. The Labute approximate surface area is 81.4 Å². The summed E-state index contributed by atoms with van der Waals surface area (Å²) in [5, 5.41) is 9.10. The highest BCUT2D eigenvalue weighted by atomic mass is 35.5. The zero-order chi connectivity index (χ0) is 9.84. The third-order valence-electron chi connectivity index (χ3n) is 1.78. The summed E-state index contributed by atoms with van der Waals surface area (Å²) in [5.74, 6) is -0.865. The lowest BCUT2D eigenvalue weighted by molar-refractivity contribution is -0.137. The van der Waals surface area contributed by atoms with E-state index in [0.29, 0.717) is 5.02 Å². The van der Waals surface area contributed by atoms with Gasteiger partial charge in [0.2, 0.25) is 0 Å². The third-order valence-corrected chi connectivity index (χ3v) is 1.98. The van der Waals surface area contributed by atoms with Gasteiger partial charge in [-0.3, -0.25) is 9.78 Å². The van der Waals surface area contributed by atoms with Gasteiger partial charge >= 0.3 is 5.97 Å². The third kappa shape index (κ3) is 3.03. The molecular weight excluding hydrogens is 190 g/mol. The molecule has 4 heteroatoms. The van der Waals surface area contributed by atoms with Gasteiger partial charge in [0.05, 0.1) is 11.4 Å². The zero-order valence-corrected chi connectivity index (χ0v) is 7.95. The molecule has 0 saturated heterocycles. The maximum Gasteiger partial charge on any atom is 0.303 e. The first-order chi connectivity index (χ1) is 6.09. The van der Waals surface area contributed by atoms with Crippen molar-refractivity contribution in [2.75, 3.05) is 0 Å². The first kappa shape index (κ1) is 9.99. The van der Waals surface area contributed by atoms with Gasteiger partial charge in [0.1, 0.15) is 0 Å². The van der Waals surface area contributed by atoms with Gasteiger partial charge in [-0.05, 0) is 17.5 Å². The number of carbonyl (C=O) groups is 1. The van der Waals surface area contributed by atoms with Gasteiger partial charge in [-0.1, -0.05) is 18.5 Å². The Hall–Kier alpha value is -1.09. The van der Waals surface area contributed by atoms with Crippen molar-refractivity contribution >= 4 is 17.6 Å². The van der Waals surface area contributed by atoms with Crippen molar-refractivity contribution in [1.82, 2.24) is 4.98 Å². The van der Waals surface area contributed by atoms with Gasteiger partial charge < -0.3 is 5.11 Å². The Morgan fingerprint density at radius 2 is 2.38 bits per heavy atom. The second kappa shape index (κ2) is 4.23. The van der Waals surface area contributed by atoms with Crippen LogP contribution in [0.3, 0.4) is 0 Å². The van der Waals surface area contributed by atoms with E-state index < -0.39 is 5.97 Å². The minimum absolute atomic E-state index is 0.0521. The van der Waals surface area contributed by atoms with Crippen molar-refractivity contribution in [3.05, 3.63) is 29.0 Å². The van der Waals surface area contributed by atoms with Crippen LogP contribution in [0.15, 0.2) is 18.5 Å². The van der Waals surface area contributed by atoms with Crippen LogP contribution in [0.2, 0.25) is 5.02 Å². The van der Waals surface area contributed by atoms with E-state index in [4.69, 9.17) is 16.7 Å². The Balaban J connectivity index is 2.76. The van der Waals surface area contributed by atoms with Crippen molar-refractivity contribution in [3.63, 3.8) is 0 Å². The maximum absolute atomic E-state index is 10.4. The topological polar surface area (TPSA) is 50.2 Å². The molecule has 0 bridgehead atoms. The predicted molar refractivity (Wildman–Crippen MR) is 49.9 cm³/mol. The van der Waals surface area contributed by atoms with Crippen LogP contribution in [-0.4, -0.2) is 16.1 Å². The molecule has 0 aromatic carbocycles. The fourth-order valence-electron chi connectivity index (χ4n) is 1.08. The summed E-state index contributed by atoms with van der Waals surface area (Å²) >= 11 is 5.72. The van der Waals surface area contributed by atoms with E-state index in [9.17, 15) is 4.79 Å². The molecule has 1 atom stereocenters. The van der Waals surface area contributed by atoms with Crippen molar-refractivity contribution in [2.45, 2.75) is 19.3 Å². The van der Waals surface area contributed by atoms with Crippen LogP contribution in [0.25, 0.3) is 0 Å². The number of nitrogens with zero attached hydrogens (tertiary/aromatic N) is 1. The second-order valence-electron chi connectivity index (χ2n) is 2.94. The summed E-state index contributed by atoms with van der Waals surface area (Å²) in [6.07, 6.45) is 3.26. The SMILES string of the molecule is CC(CC(=O)O)c1cncc(Cl)c1. The molecule has 1 unspecified atom stereocenters. The summed E-state index contributed by atoms with van der Waals surface area (Å²) in [6.45, 7) is 1.83. The Morgan fingerprint density at radius 1 is 1.69 bits per heavy atom. The predicted octanol–water partition coefficient (Wildman–Crippen LogP) is 2.31. The number of hydrogen-bond donors (Lipinski definition) is 1. The number of aliphatic carboxylic acids is 1. The molecule has 0 aliphatic rings. The minimum atomic E-state index is -0.813. The Kier molecular flexibility index (Phi) is 3.25. The van der Waals surface area contributed by atoms with Crippen LogP contribution in [-0.2, 0) is 4.79 Å². The molecule has 1 N–H and O–H groups in total. The average molecular weight is 200 g/mol. The lowest BCUT2D eigenvalue weighted by Crippen LogP contribution is -2.02. The van der Waals surface area contributed by atoms with E-state index in [0.717, 1.165) is 5.56 Å². The van der Waals surface area contributed by atoms with Crippen LogP contribution in [0.1, 0.15) is 24.8 Å². The summed E-state index contributed by atoms with van der Waals surface area (Å²) in [4.78, 5) is 14.3. The van der Waals surface area contributed by atoms with Crippen molar-refractivity contribution < 1.29 is 9.90 Å². The number of aromatic nitrogens is 1. The maximum atomic E-state index is 10.4. The first-order valence-corrected chi connectivity index (χ1v) is 4.29. The van der Waals surface area contributed by atoms with Gasteiger partial charge in [-0.2, -0.15) is 0 Å². The number of carboxylic acids is 1. The molecule has 1 heterocycles. The number of halogens is 1. The number of pyridine rings is 1. The second-order valence-corrected chi connectivity index (χ2v) is 3.37. The largest absolute Gasteiger partial charge is 0.481 e. The molecule has 0 fully saturated rings. The zero-order valence-electron chi connectivity index (χ0n) is 7.20. The molecule has 0 aliphatic heterocycles. The van der Waals surface area contributed by atoms with Crippen molar-refractivity contribution in [2.24, 2.45) is 0 Å². The van der Waals surface area contributed by atoms with E-state index in [2.05, 4.69) is 4.98 Å². The lowest BCUT2D eigenvalue weighted by atomic mass is 10.00. The van der Waals surface area contributed by atoms with Crippen molar-refractivity contribution in [1.29, 1.82) is 0 Å². The molecule has 0 aliphatic carbocycles. The highest BCUT2D eigenvalue weighted by Gasteiger charge is 2.10. The smallest absolute Gasteiger partial charge is 0.303 e. The summed E-state index contributed by atoms with van der Waals surface area (Å²) in [5.41, 5.74) is 0.856. The average Bonchev–Trinajstić information content (AvgIpc) is 2.03. The molecule has 0 radical (unpaired) electrons. The number of rotatable bonds is 3. The number of carboxylic acid groups (broad SMARTS) is 1. The first-order valence-electron chi connectivity index (χ1n) is 3.92. The lowest BCUT2D eigenvalue weighted by Gasteiger charge is -2.07. The molecule has 3 nitrogen and oxygen atoms in total. The molecule has 0 spiro atoms. The van der Waals surface area contributed by atoms with Crippen LogP contribution in [0.5, 0.6) is 0 Å². The molecule has 70 valence electrons. The van der Waals surface area contributed by atoms with Gasteiger partial charge in [-0.25, -0.2) is 0 Å². The minimum Gasteiger partial charge on any atom is -0.481 e. The molecule has 13 heavy (non-hydrogen) atoms. The van der Waals surface area contributed by atoms with Gasteiger partial charge in [0.25, 0.3) is 0 Å². The fraction of sp³-hybridized carbons (Fsp3) is 0.333. The molecule has 0 amide bonds. The van der Waals surface area contributed by atoms with Crippen LogP contribution >= 0.6 is 11.6 Å². The van der Waals surface area contributed by atoms with Gasteiger partial charge in [0, 0.05) is 12.4 Å². The van der Waals surface area contributed by atoms with E-state index in [1.807, 2.05) is 6.92 Å². The normalized spacial score (nSPS) is 12.5. The van der Waals surface area contributed by atoms with Gasteiger partial charge in [0.15, 0.2) is 0 Å². The van der Waals surface area contributed by atoms with E-state index >= 15 is 0 Å². The van der Waals surface area contributed by atoms with E-state index in [1.165, 1.54) is 6.20 Å². The summed E-state index contributed by atoms with van der Waals surface area (Å²) in [6, 6.07) is 1.74. The fourth-order valence-corrected chi connectivity index (χ4v) is 1.26.